The van der Waals surface area contributed by atoms with Gasteiger partial charge in [-0.1, -0.05) is 249 Å². The summed E-state index contributed by atoms with van der Waals surface area (Å²) in [5, 5.41) is 0. The van der Waals surface area contributed by atoms with E-state index in [-0.39, 0.29) is 18.0 Å². The molecule has 89 heavy (non-hydrogen) atoms. The number of anilines is 2. The molecule has 0 amide bonds. The summed E-state index contributed by atoms with van der Waals surface area (Å²) in [5.74, 6) is 5.20. The summed E-state index contributed by atoms with van der Waals surface area (Å²) in [6.45, 7) is 0. The summed E-state index contributed by atoms with van der Waals surface area (Å²) >= 11 is 0. The van der Waals surface area contributed by atoms with Gasteiger partial charge in [0.25, 0.3) is 0 Å². The molecular weight excluding hydrogens is 1080 g/mol. The van der Waals surface area contributed by atoms with Crippen molar-refractivity contribution in [1.82, 2.24) is 4.90 Å². The molecule has 9 atom stereocenters. The Morgan fingerprint density at radius 1 is 0.348 bits per heavy atom. The Hall–Kier alpha value is -9.64. The molecule has 16 rings (SSSR count). The molecule has 2 heterocycles. The third-order valence-corrected chi connectivity index (χ3v) is 20.4. The first-order chi connectivity index (χ1) is 44.1. The maximum absolute atomic E-state index is 7.13. The van der Waals surface area contributed by atoms with Crippen molar-refractivity contribution in [3.8, 4) is 34.1 Å². The largest absolute Gasteiger partial charge is 0.457 e. The van der Waals surface area contributed by atoms with Gasteiger partial charge in [0.2, 0.25) is 0 Å². The fraction of sp³-hybridized carbons (Fsp3) is 0.200. The highest BCUT2D eigenvalue weighted by Gasteiger charge is 2.51. The van der Waals surface area contributed by atoms with Gasteiger partial charge in [0.1, 0.15) is 23.0 Å². The van der Waals surface area contributed by atoms with E-state index in [1.54, 1.807) is 0 Å². The van der Waals surface area contributed by atoms with Gasteiger partial charge in [-0.25, -0.2) is 0 Å². The molecule has 1 spiro atoms. The molecule has 4 nitrogen and oxygen atoms in total. The van der Waals surface area contributed by atoms with Crippen molar-refractivity contribution in [3.05, 3.63) is 359 Å². The number of hydrogen-bond donors (Lipinski definition) is 0. The highest BCUT2D eigenvalue weighted by molar-refractivity contribution is 5.79. The van der Waals surface area contributed by atoms with Crippen molar-refractivity contribution in [3.63, 3.8) is 0 Å². The molecule has 4 heteroatoms. The van der Waals surface area contributed by atoms with Crippen molar-refractivity contribution >= 4 is 11.4 Å². The third-order valence-electron chi connectivity index (χ3n) is 20.4. The summed E-state index contributed by atoms with van der Waals surface area (Å²) in [5.41, 5.74) is 16.6. The maximum Gasteiger partial charge on any atom is 0.132 e. The lowest BCUT2D eigenvalue weighted by Crippen LogP contribution is -2.44. The Kier molecular flexibility index (Phi) is 14.6. The van der Waals surface area contributed by atoms with Crippen molar-refractivity contribution < 1.29 is 9.47 Å². The minimum Gasteiger partial charge on any atom is -0.457 e. The first-order valence-corrected chi connectivity index (χ1v) is 32.6. The van der Waals surface area contributed by atoms with Crippen molar-refractivity contribution in [2.75, 3.05) is 4.90 Å². The molecule has 0 saturated carbocycles. The van der Waals surface area contributed by atoms with Gasteiger partial charge in [-0.2, -0.15) is 0 Å². The summed E-state index contributed by atoms with van der Waals surface area (Å²) in [4.78, 5) is 5.41. The van der Waals surface area contributed by atoms with E-state index in [4.69, 9.17) is 9.47 Å². The Labute approximate surface area is 525 Å². The van der Waals surface area contributed by atoms with Crippen LogP contribution < -0.4 is 14.4 Å². The minimum absolute atomic E-state index is 0.245. The van der Waals surface area contributed by atoms with Gasteiger partial charge in [0.15, 0.2) is 0 Å². The standard InChI is InChI=1S/C85H74N2O2/c1-5-21-59(22-6-1)65-29-17-33-73(53-65)86(74-34-18-30-66(54-74)60-23-7-2-8-24-60)71-47-41-63(42-48-71)69-45-51-79-83(57-69)88-81-39-15-13-37-77(81)85(79)78-38-14-16-40-82(78)89-84-58-70(46-52-80(84)85)64-43-49-72(50-44-64)87(75-35-19-31-67(55-75)61-25-9-3-10-26-61)76-36-20-32-68(56-76)62-27-11-4-12-28-62/h1-27,29,31-32,34,36-41,43-47,49-52,54,56-58,62-63,65-67,71,73,75H,28,30,33,35,42,48,53,55H2. The molecule has 0 N–H and O–H groups in total. The molecule has 0 aromatic heterocycles. The molecule has 9 unspecified atom stereocenters. The highest BCUT2D eigenvalue weighted by Crippen LogP contribution is 2.62. The number of allylic oxidation sites excluding steroid dienone is 10. The number of nitrogens with zero attached hydrogens (tertiary/aromatic N) is 2. The van der Waals surface area contributed by atoms with Crippen LogP contribution in [0.5, 0.6) is 23.0 Å². The van der Waals surface area contributed by atoms with Gasteiger partial charge >= 0.3 is 0 Å². The van der Waals surface area contributed by atoms with E-state index in [0.717, 1.165) is 108 Å². The van der Waals surface area contributed by atoms with Gasteiger partial charge < -0.3 is 19.3 Å². The van der Waals surface area contributed by atoms with Crippen molar-refractivity contribution in [2.45, 2.75) is 104 Å². The van der Waals surface area contributed by atoms with E-state index < -0.39 is 5.41 Å². The second-order valence-corrected chi connectivity index (χ2v) is 25.5. The van der Waals surface area contributed by atoms with Gasteiger partial charge in [-0.3, -0.25) is 0 Å². The molecule has 0 saturated heterocycles. The summed E-state index contributed by atoms with van der Waals surface area (Å²) in [6, 6.07) is 84.1. The summed E-state index contributed by atoms with van der Waals surface area (Å²) < 4.78 is 14.2. The van der Waals surface area contributed by atoms with E-state index in [9.17, 15) is 0 Å². The first kappa shape index (κ1) is 54.7. The lowest BCUT2D eigenvalue weighted by molar-refractivity contribution is 0.184. The number of benzene rings is 9. The number of ether oxygens (including phenoxy) is 2. The van der Waals surface area contributed by atoms with Crippen LogP contribution in [-0.2, 0) is 5.41 Å². The van der Waals surface area contributed by atoms with Crippen LogP contribution in [0.3, 0.4) is 0 Å². The van der Waals surface area contributed by atoms with E-state index >= 15 is 0 Å². The molecule has 0 fully saturated rings. The Bertz CT molecular complexity index is 4270. The molecular formula is C85H74N2O2. The smallest absolute Gasteiger partial charge is 0.132 e. The molecule has 0 bridgehead atoms. The lowest BCUT2D eigenvalue weighted by atomic mass is 9.62. The molecule has 9 aromatic rings. The monoisotopic (exact) mass is 1150 g/mol. The van der Waals surface area contributed by atoms with Crippen LogP contribution in [0.2, 0.25) is 0 Å². The molecule has 7 aliphatic rings. The van der Waals surface area contributed by atoms with Crippen LogP contribution >= 0.6 is 0 Å². The number of rotatable bonds is 12. The minimum atomic E-state index is -0.695. The molecule has 9 aromatic carbocycles. The highest BCUT2D eigenvalue weighted by atomic mass is 16.5. The van der Waals surface area contributed by atoms with Crippen LogP contribution in [-0.4, -0.2) is 23.0 Å². The SMILES string of the molecule is C1=CCC(c2cccc(N(c3ccc(-c4ccc5c(c4)Oc4ccccc4C54c5ccccc5Oc5cc(C6C=CC(N(C7=CC(c8ccccc8)CC=C7)C7CC=CC(c8ccccc8)C7)CC6)ccc54)cc3)C3CC=CC(c4ccccc4)C3)c2)C=C1. The fourth-order valence-electron chi connectivity index (χ4n) is 16.0. The average molecular weight is 1160 g/mol. The summed E-state index contributed by atoms with van der Waals surface area (Å²) in [7, 11) is 0. The van der Waals surface area contributed by atoms with E-state index in [1.807, 2.05) is 0 Å². The first-order valence-electron chi connectivity index (χ1n) is 32.6. The van der Waals surface area contributed by atoms with Gasteiger partial charge in [-0.05, 0) is 145 Å². The van der Waals surface area contributed by atoms with Crippen LogP contribution in [0.25, 0.3) is 11.1 Å². The molecule has 2 aliphatic heterocycles. The predicted octanol–water partition coefficient (Wildman–Crippen LogP) is 21.4. The maximum atomic E-state index is 7.13. The quantitative estimate of drug-likeness (QED) is 0.114. The Morgan fingerprint density at radius 3 is 1.58 bits per heavy atom. The summed E-state index contributed by atoms with van der Waals surface area (Å²) in [6.07, 6.45) is 39.4. The van der Waals surface area contributed by atoms with E-state index in [1.165, 1.54) is 44.9 Å². The topological polar surface area (TPSA) is 24.9 Å². The van der Waals surface area contributed by atoms with E-state index in [2.05, 4.69) is 313 Å². The molecule has 436 valence electrons. The van der Waals surface area contributed by atoms with E-state index in [0.29, 0.717) is 29.7 Å². The van der Waals surface area contributed by atoms with Gasteiger partial charge in [-0.15, -0.1) is 0 Å². The fourth-order valence-corrected chi connectivity index (χ4v) is 16.0. The van der Waals surface area contributed by atoms with Crippen LogP contribution in [0.4, 0.5) is 11.4 Å². The lowest BCUT2D eigenvalue weighted by Gasteiger charge is -2.45. The van der Waals surface area contributed by atoms with Gasteiger partial charge in [0.05, 0.1) is 5.41 Å². The normalized spacial score (nSPS) is 24.3. The third kappa shape index (κ3) is 10.3. The number of fused-ring (bicyclic) bond motifs is 8. The van der Waals surface area contributed by atoms with Gasteiger partial charge in [0, 0.05) is 87.0 Å². The zero-order valence-corrected chi connectivity index (χ0v) is 50.4. The Balaban J connectivity index is 0.724. The second kappa shape index (κ2) is 23.8. The number of para-hydroxylation sites is 2. The predicted molar refractivity (Wildman–Crippen MR) is 365 cm³/mol. The van der Waals surface area contributed by atoms with Crippen LogP contribution in [0, 0.1) is 0 Å². The second-order valence-electron chi connectivity index (χ2n) is 25.5. The Morgan fingerprint density at radius 2 is 0.921 bits per heavy atom. The zero-order chi connectivity index (χ0) is 59.1. The molecule has 0 radical (unpaired) electrons. The van der Waals surface area contributed by atoms with Crippen molar-refractivity contribution in [2.24, 2.45) is 0 Å². The average Bonchev–Trinajstić information content (AvgIpc) is 1.80. The number of hydrogen-bond acceptors (Lipinski definition) is 4. The van der Waals surface area contributed by atoms with Crippen LogP contribution in [0.1, 0.15) is 131 Å². The van der Waals surface area contributed by atoms with Crippen LogP contribution in [0.15, 0.2) is 309 Å². The molecule has 5 aliphatic carbocycles. The zero-order valence-electron chi connectivity index (χ0n) is 50.4. The van der Waals surface area contributed by atoms with Crippen molar-refractivity contribution in [1.29, 1.82) is 0 Å².